The van der Waals surface area contributed by atoms with Crippen LogP contribution >= 0.6 is 0 Å². The number of hydrogen-bond acceptors (Lipinski definition) is 2. The summed E-state index contributed by atoms with van der Waals surface area (Å²) in [5, 5.41) is 0. The molecule has 0 saturated heterocycles. The predicted molar refractivity (Wildman–Crippen MR) is 62.7 cm³/mol. The lowest BCUT2D eigenvalue weighted by atomic mass is 10.2. The van der Waals surface area contributed by atoms with Gasteiger partial charge < -0.3 is 9.47 Å². The van der Waals surface area contributed by atoms with Gasteiger partial charge >= 0.3 is 6.18 Å². The molecule has 0 aromatic heterocycles. The third kappa shape index (κ3) is 5.40. The first-order chi connectivity index (χ1) is 8.54. The second kappa shape index (κ2) is 7.26. The SMILES string of the molecule is CCCOCCCOc1ccc(C(F)(F)F)cc1. The lowest BCUT2D eigenvalue weighted by Gasteiger charge is -2.09. The number of alkyl halides is 3. The fraction of sp³-hybridized carbons (Fsp3) is 0.538. The van der Waals surface area contributed by atoms with E-state index in [1.54, 1.807) is 0 Å². The third-order valence-corrected chi connectivity index (χ3v) is 2.23. The zero-order valence-corrected chi connectivity index (χ0v) is 10.3. The van der Waals surface area contributed by atoms with Crippen LogP contribution in [0, 0.1) is 0 Å². The summed E-state index contributed by atoms with van der Waals surface area (Å²) >= 11 is 0. The summed E-state index contributed by atoms with van der Waals surface area (Å²) < 4.78 is 47.4. The first-order valence-electron chi connectivity index (χ1n) is 5.92. The Balaban J connectivity index is 2.27. The number of ether oxygens (including phenoxy) is 2. The van der Waals surface area contributed by atoms with E-state index in [0.29, 0.717) is 19.0 Å². The van der Waals surface area contributed by atoms with Gasteiger partial charge in [0.2, 0.25) is 0 Å². The Morgan fingerprint density at radius 2 is 1.67 bits per heavy atom. The molecule has 0 heterocycles. The molecule has 1 aromatic rings. The van der Waals surface area contributed by atoms with Gasteiger partial charge in [0, 0.05) is 19.6 Å². The first-order valence-corrected chi connectivity index (χ1v) is 5.92. The summed E-state index contributed by atoms with van der Waals surface area (Å²) in [4.78, 5) is 0. The minimum Gasteiger partial charge on any atom is -0.494 e. The van der Waals surface area contributed by atoms with Crippen molar-refractivity contribution in [2.45, 2.75) is 25.9 Å². The molecule has 0 radical (unpaired) electrons. The van der Waals surface area contributed by atoms with Gasteiger partial charge in [-0.25, -0.2) is 0 Å². The zero-order chi connectivity index (χ0) is 13.4. The van der Waals surface area contributed by atoms with Crippen molar-refractivity contribution < 1.29 is 22.6 Å². The number of halogens is 3. The second-order valence-corrected chi connectivity index (χ2v) is 3.84. The van der Waals surface area contributed by atoms with Crippen LogP contribution in [0.15, 0.2) is 24.3 Å². The average Bonchev–Trinajstić information content (AvgIpc) is 2.33. The largest absolute Gasteiger partial charge is 0.494 e. The minimum absolute atomic E-state index is 0.440. The Bertz CT molecular complexity index is 333. The lowest BCUT2D eigenvalue weighted by Crippen LogP contribution is -2.06. The molecular formula is C13H17F3O2. The van der Waals surface area contributed by atoms with Gasteiger partial charge in [0.05, 0.1) is 12.2 Å². The van der Waals surface area contributed by atoms with Crippen molar-refractivity contribution in [3.05, 3.63) is 29.8 Å². The van der Waals surface area contributed by atoms with Gasteiger partial charge in [-0.3, -0.25) is 0 Å². The van der Waals surface area contributed by atoms with Crippen LogP contribution in [0.5, 0.6) is 5.75 Å². The summed E-state index contributed by atoms with van der Waals surface area (Å²) in [7, 11) is 0. The Kier molecular flexibility index (Phi) is 5.98. The molecule has 102 valence electrons. The van der Waals surface area contributed by atoms with E-state index in [4.69, 9.17) is 9.47 Å². The second-order valence-electron chi connectivity index (χ2n) is 3.84. The summed E-state index contributed by atoms with van der Waals surface area (Å²) in [6.07, 6.45) is -2.60. The zero-order valence-electron chi connectivity index (χ0n) is 10.3. The van der Waals surface area contributed by atoms with Gasteiger partial charge in [-0.1, -0.05) is 6.92 Å². The van der Waals surface area contributed by atoms with Gasteiger partial charge in [-0.05, 0) is 30.7 Å². The van der Waals surface area contributed by atoms with Crippen molar-refractivity contribution in [2.24, 2.45) is 0 Å². The Morgan fingerprint density at radius 1 is 1.00 bits per heavy atom. The molecule has 0 aliphatic rings. The third-order valence-electron chi connectivity index (χ3n) is 2.23. The van der Waals surface area contributed by atoms with Crippen molar-refractivity contribution in [1.29, 1.82) is 0 Å². The monoisotopic (exact) mass is 262 g/mol. The molecule has 18 heavy (non-hydrogen) atoms. The summed E-state index contributed by atoms with van der Waals surface area (Å²) in [5.41, 5.74) is -0.666. The van der Waals surface area contributed by atoms with Gasteiger partial charge in [-0.15, -0.1) is 0 Å². The van der Waals surface area contributed by atoms with Crippen LogP contribution in [0.1, 0.15) is 25.3 Å². The molecule has 1 rings (SSSR count). The Labute approximate surface area is 105 Å². The number of rotatable bonds is 7. The number of hydrogen-bond donors (Lipinski definition) is 0. The van der Waals surface area contributed by atoms with E-state index in [1.165, 1.54) is 12.1 Å². The molecule has 0 unspecified atom stereocenters. The standard InChI is InChI=1S/C13H17F3O2/c1-2-8-17-9-3-10-18-12-6-4-11(5-7-12)13(14,15)16/h4-7H,2-3,8-10H2,1H3. The molecule has 5 heteroatoms. The highest BCUT2D eigenvalue weighted by Gasteiger charge is 2.29. The summed E-state index contributed by atoms with van der Waals surface area (Å²) in [6.45, 7) is 3.79. The molecule has 0 aliphatic carbocycles. The van der Waals surface area contributed by atoms with Crippen LogP contribution in [-0.4, -0.2) is 19.8 Å². The van der Waals surface area contributed by atoms with E-state index in [-0.39, 0.29) is 0 Å². The molecule has 2 nitrogen and oxygen atoms in total. The molecule has 0 saturated carbocycles. The van der Waals surface area contributed by atoms with E-state index >= 15 is 0 Å². The highest BCUT2D eigenvalue weighted by atomic mass is 19.4. The molecule has 1 aromatic carbocycles. The minimum atomic E-state index is -4.30. The van der Waals surface area contributed by atoms with Crippen LogP contribution in [-0.2, 0) is 10.9 Å². The molecular weight excluding hydrogens is 245 g/mol. The van der Waals surface area contributed by atoms with Gasteiger partial charge in [0.25, 0.3) is 0 Å². The maximum atomic E-state index is 12.3. The molecule has 0 atom stereocenters. The Morgan fingerprint density at radius 3 is 2.22 bits per heavy atom. The predicted octanol–water partition coefficient (Wildman–Crippen LogP) is 3.90. The van der Waals surface area contributed by atoms with Crippen molar-refractivity contribution in [2.75, 3.05) is 19.8 Å². The van der Waals surface area contributed by atoms with Gasteiger partial charge in [0.15, 0.2) is 0 Å². The van der Waals surface area contributed by atoms with Gasteiger partial charge in [-0.2, -0.15) is 13.2 Å². The highest BCUT2D eigenvalue weighted by Crippen LogP contribution is 2.30. The van der Waals surface area contributed by atoms with E-state index < -0.39 is 11.7 Å². The molecule has 0 aliphatic heterocycles. The maximum absolute atomic E-state index is 12.3. The normalized spacial score (nSPS) is 11.6. The maximum Gasteiger partial charge on any atom is 0.416 e. The van der Waals surface area contributed by atoms with E-state index in [9.17, 15) is 13.2 Å². The summed E-state index contributed by atoms with van der Waals surface area (Å²) in [5.74, 6) is 0.443. The molecule has 0 amide bonds. The fourth-order valence-corrected chi connectivity index (χ4v) is 1.34. The quantitative estimate of drug-likeness (QED) is 0.694. The van der Waals surface area contributed by atoms with Crippen molar-refractivity contribution in [1.82, 2.24) is 0 Å². The van der Waals surface area contributed by atoms with Crippen molar-refractivity contribution in [3.63, 3.8) is 0 Å². The van der Waals surface area contributed by atoms with Crippen molar-refractivity contribution in [3.8, 4) is 5.75 Å². The van der Waals surface area contributed by atoms with Crippen LogP contribution in [0.25, 0.3) is 0 Å². The van der Waals surface area contributed by atoms with E-state index in [2.05, 4.69) is 0 Å². The Hall–Kier alpha value is -1.23. The van der Waals surface area contributed by atoms with Gasteiger partial charge in [0.1, 0.15) is 5.75 Å². The summed E-state index contributed by atoms with van der Waals surface area (Å²) in [6, 6.07) is 4.69. The molecule has 0 bridgehead atoms. The lowest BCUT2D eigenvalue weighted by molar-refractivity contribution is -0.137. The first kappa shape index (κ1) is 14.8. The molecule has 0 fully saturated rings. The topological polar surface area (TPSA) is 18.5 Å². The van der Waals surface area contributed by atoms with Crippen LogP contribution in [0.3, 0.4) is 0 Å². The molecule has 0 spiro atoms. The van der Waals surface area contributed by atoms with Crippen LogP contribution < -0.4 is 4.74 Å². The van der Waals surface area contributed by atoms with E-state index in [1.807, 2.05) is 6.92 Å². The van der Waals surface area contributed by atoms with Crippen LogP contribution in [0.4, 0.5) is 13.2 Å². The fourth-order valence-electron chi connectivity index (χ4n) is 1.34. The van der Waals surface area contributed by atoms with Crippen molar-refractivity contribution >= 4 is 0 Å². The smallest absolute Gasteiger partial charge is 0.416 e. The highest BCUT2D eigenvalue weighted by molar-refractivity contribution is 5.28. The van der Waals surface area contributed by atoms with Crippen LogP contribution in [0.2, 0.25) is 0 Å². The average molecular weight is 262 g/mol. The molecule has 0 N–H and O–H groups in total. The van der Waals surface area contributed by atoms with E-state index in [0.717, 1.165) is 31.6 Å². The number of benzene rings is 1.